The van der Waals surface area contributed by atoms with Gasteiger partial charge in [0.25, 0.3) is 0 Å². The standard InChI is InChI=1S/C15H28N2S/c1-18-10-9-17-12-15(7-3-2-4-8-15)16-11-14(17)13-5-6-13/h13-14,16H,2-12H2,1H3. The lowest BCUT2D eigenvalue weighted by atomic mass is 9.79. The molecule has 1 saturated heterocycles. The second-order valence-corrected chi connectivity index (χ2v) is 7.58. The molecule has 0 bridgehead atoms. The molecule has 1 spiro atoms. The van der Waals surface area contributed by atoms with Crippen LogP contribution >= 0.6 is 11.8 Å². The van der Waals surface area contributed by atoms with Gasteiger partial charge >= 0.3 is 0 Å². The lowest BCUT2D eigenvalue weighted by Crippen LogP contribution is -2.65. The second kappa shape index (κ2) is 5.72. The summed E-state index contributed by atoms with van der Waals surface area (Å²) in [5, 5.41) is 3.96. The van der Waals surface area contributed by atoms with E-state index in [1.807, 2.05) is 11.8 Å². The fourth-order valence-corrected chi connectivity index (χ4v) is 4.39. The molecule has 3 aliphatic rings. The molecule has 2 nitrogen and oxygen atoms in total. The molecular formula is C15H28N2S. The van der Waals surface area contributed by atoms with Crippen molar-refractivity contribution >= 4 is 11.8 Å². The van der Waals surface area contributed by atoms with Crippen molar-refractivity contribution in [2.75, 3.05) is 31.6 Å². The first kappa shape index (κ1) is 13.3. The van der Waals surface area contributed by atoms with Gasteiger partial charge in [-0.2, -0.15) is 11.8 Å². The Morgan fingerprint density at radius 3 is 2.67 bits per heavy atom. The molecule has 1 unspecified atom stereocenters. The van der Waals surface area contributed by atoms with Gasteiger partial charge in [-0.1, -0.05) is 19.3 Å². The lowest BCUT2D eigenvalue weighted by Gasteiger charge is -2.50. The van der Waals surface area contributed by atoms with Crippen LogP contribution in [0.3, 0.4) is 0 Å². The number of piperazine rings is 1. The van der Waals surface area contributed by atoms with Crippen molar-refractivity contribution in [1.29, 1.82) is 0 Å². The summed E-state index contributed by atoms with van der Waals surface area (Å²) in [5.41, 5.74) is 0.488. The zero-order valence-electron chi connectivity index (χ0n) is 11.8. The fraction of sp³-hybridized carbons (Fsp3) is 1.00. The topological polar surface area (TPSA) is 15.3 Å². The fourth-order valence-electron chi connectivity index (χ4n) is 3.97. The zero-order chi connectivity index (χ0) is 12.4. The predicted molar refractivity (Wildman–Crippen MR) is 80.3 cm³/mol. The largest absolute Gasteiger partial charge is 0.308 e. The Morgan fingerprint density at radius 2 is 2.00 bits per heavy atom. The second-order valence-electron chi connectivity index (χ2n) is 6.59. The van der Waals surface area contributed by atoms with Gasteiger partial charge in [0.2, 0.25) is 0 Å². The molecule has 0 amide bonds. The number of hydrogen-bond donors (Lipinski definition) is 1. The van der Waals surface area contributed by atoms with Crippen molar-refractivity contribution < 1.29 is 0 Å². The summed E-state index contributed by atoms with van der Waals surface area (Å²) in [4.78, 5) is 2.84. The summed E-state index contributed by atoms with van der Waals surface area (Å²) in [6, 6.07) is 0.852. The number of rotatable bonds is 4. The normalized spacial score (nSPS) is 32.8. The highest BCUT2D eigenvalue weighted by atomic mass is 32.2. The molecule has 1 atom stereocenters. The Bertz CT molecular complexity index is 272. The van der Waals surface area contributed by atoms with Gasteiger partial charge in [0.1, 0.15) is 0 Å². The van der Waals surface area contributed by atoms with E-state index in [1.54, 1.807) is 0 Å². The van der Waals surface area contributed by atoms with Crippen LogP contribution in [0, 0.1) is 5.92 Å². The summed E-state index contributed by atoms with van der Waals surface area (Å²) in [7, 11) is 0. The average molecular weight is 268 g/mol. The van der Waals surface area contributed by atoms with Crippen LogP contribution in [0.2, 0.25) is 0 Å². The first-order valence-corrected chi connectivity index (χ1v) is 9.20. The molecule has 104 valence electrons. The first-order valence-electron chi connectivity index (χ1n) is 7.81. The molecule has 3 rings (SSSR count). The maximum absolute atomic E-state index is 3.96. The Hall–Kier alpha value is 0.270. The van der Waals surface area contributed by atoms with Crippen LogP contribution in [0.15, 0.2) is 0 Å². The molecule has 2 saturated carbocycles. The number of nitrogens with one attached hydrogen (secondary N) is 1. The zero-order valence-corrected chi connectivity index (χ0v) is 12.6. The first-order chi connectivity index (χ1) is 8.83. The van der Waals surface area contributed by atoms with E-state index in [2.05, 4.69) is 16.5 Å². The minimum atomic E-state index is 0.488. The molecule has 3 heteroatoms. The van der Waals surface area contributed by atoms with E-state index in [0.29, 0.717) is 5.54 Å². The summed E-state index contributed by atoms with van der Waals surface area (Å²) in [6.45, 7) is 3.90. The van der Waals surface area contributed by atoms with Crippen LogP contribution in [-0.2, 0) is 0 Å². The average Bonchev–Trinajstić information content (AvgIpc) is 3.22. The third-order valence-corrected chi connectivity index (χ3v) is 5.81. The summed E-state index contributed by atoms with van der Waals surface area (Å²) < 4.78 is 0. The van der Waals surface area contributed by atoms with Gasteiger partial charge < -0.3 is 5.32 Å². The van der Waals surface area contributed by atoms with Crippen LogP contribution in [0.5, 0.6) is 0 Å². The third-order valence-electron chi connectivity index (χ3n) is 5.22. The minimum Gasteiger partial charge on any atom is -0.308 e. The van der Waals surface area contributed by atoms with Crippen LogP contribution in [0.1, 0.15) is 44.9 Å². The van der Waals surface area contributed by atoms with Gasteiger partial charge in [-0.15, -0.1) is 0 Å². The molecule has 0 aromatic rings. The molecule has 0 aromatic carbocycles. The van der Waals surface area contributed by atoms with E-state index < -0.39 is 0 Å². The Balaban J connectivity index is 1.64. The highest BCUT2D eigenvalue weighted by Gasteiger charge is 2.44. The van der Waals surface area contributed by atoms with Crippen molar-refractivity contribution in [2.24, 2.45) is 5.92 Å². The van der Waals surface area contributed by atoms with Gasteiger partial charge in [0.05, 0.1) is 0 Å². The van der Waals surface area contributed by atoms with Crippen molar-refractivity contribution in [3.05, 3.63) is 0 Å². The quantitative estimate of drug-likeness (QED) is 0.844. The highest BCUT2D eigenvalue weighted by Crippen LogP contribution is 2.39. The van der Waals surface area contributed by atoms with E-state index in [9.17, 15) is 0 Å². The number of thioether (sulfide) groups is 1. The van der Waals surface area contributed by atoms with Crippen molar-refractivity contribution in [1.82, 2.24) is 10.2 Å². The minimum absolute atomic E-state index is 0.488. The van der Waals surface area contributed by atoms with Crippen LogP contribution < -0.4 is 5.32 Å². The molecule has 0 radical (unpaired) electrons. The van der Waals surface area contributed by atoms with E-state index in [-0.39, 0.29) is 0 Å². The highest BCUT2D eigenvalue weighted by molar-refractivity contribution is 7.98. The van der Waals surface area contributed by atoms with E-state index in [0.717, 1.165) is 12.0 Å². The van der Waals surface area contributed by atoms with Crippen molar-refractivity contribution in [3.8, 4) is 0 Å². The summed E-state index contributed by atoms with van der Waals surface area (Å²) in [5.74, 6) is 2.32. The monoisotopic (exact) mass is 268 g/mol. The molecule has 1 N–H and O–H groups in total. The van der Waals surface area contributed by atoms with Gasteiger partial charge in [0.15, 0.2) is 0 Å². The number of hydrogen-bond acceptors (Lipinski definition) is 3. The Labute approximate surface area is 116 Å². The number of nitrogens with zero attached hydrogens (tertiary/aromatic N) is 1. The molecule has 3 fully saturated rings. The SMILES string of the molecule is CSCCN1CC2(CCCCC2)NCC1C1CC1. The van der Waals surface area contributed by atoms with Gasteiger partial charge in [-0.25, -0.2) is 0 Å². The molecule has 0 aromatic heterocycles. The Morgan fingerprint density at radius 1 is 1.22 bits per heavy atom. The van der Waals surface area contributed by atoms with Crippen molar-refractivity contribution in [2.45, 2.75) is 56.5 Å². The van der Waals surface area contributed by atoms with Gasteiger partial charge in [-0.3, -0.25) is 4.90 Å². The van der Waals surface area contributed by atoms with Crippen LogP contribution in [0.25, 0.3) is 0 Å². The van der Waals surface area contributed by atoms with E-state index in [4.69, 9.17) is 0 Å². The molecule has 2 aliphatic carbocycles. The van der Waals surface area contributed by atoms with E-state index in [1.165, 1.54) is 70.3 Å². The van der Waals surface area contributed by atoms with Crippen LogP contribution in [0.4, 0.5) is 0 Å². The lowest BCUT2D eigenvalue weighted by molar-refractivity contribution is 0.0514. The predicted octanol–water partition coefficient (Wildman–Crippen LogP) is 2.74. The van der Waals surface area contributed by atoms with E-state index >= 15 is 0 Å². The Kier molecular flexibility index (Phi) is 4.21. The smallest absolute Gasteiger partial charge is 0.0309 e. The maximum Gasteiger partial charge on any atom is 0.0309 e. The van der Waals surface area contributed by atoms with Crippen LogP contribution in [-0.4, -0.2) is 48.1 Å². The third kappa shape index (κ3) is 2.88. The molecule has 18 heavy (non-hydrogen) atoms. The summed E-state index contributed by atoms with van der Waals surface area (Å²) in [6.07, 6.45) is 12.4. The van der Waals surface area contributed by atoms with Gasteiger partial charge in [-0.05, 0) is 37.9 Å². The molecular weight excluding hydrogens is 240 g/mol. The molecule has 1 aliphatic heterocycles. The molecule has 1 heterocycles. The summed E-state index contributed by atoms with van der Waals surface area (Å²) >= 11 is 2.00. The van der Waals surface area contributed by atoms with Gasteiger partial charge in [0, 0.05) is 37.0 Å². The van der Waals surface area contributed by atoms with Crippen molar-refractivity contribution in [3.63, 3.8) is 0 Å². The maximum atomic E-state index is 3.96.